The van der Waals surface area contributed by atoms with Crippen LogP contribution < -0.4 is 5.32 Å². The van der Waals surface area contributed by atoms with Gasteiger partial charge in [0.1, 0.15) is 5.60 Å². The van der Waals surface area contributed by atoms with Gasteiger partial charge in [0.05, 0.1) is 11.0 Å². The molecule has 170 valence electrons. The molecule has 0 saturated carbocycles. The highest BCUT2D eigenvalue weighted by molar-refractivity contribution is 7.89. The van der Waals surface area contributed by atoms with Crippen LogP contribution in [0, 0.1) is 0 Å². The van der Waals surface area contributed by atoms with Gasteiger partial charge >= 0.3 is 0 Å². The van der Waals surface area contributed by atoms with Gasteiger partial charge in [0, 0.05) is 32.7 Å². The Morgan fingerprint density at radius 2 is 1.68 bits per heavy atom. The number of benzene rings is 2. The zero-order chi connectivity index (χ0) is 22.5. The Kier molecular flexibility index (Phi) is 7.85. The van der Waals surface area contributed by atoms with Crippen molar-refractivity contribution in [3.63, 3.8) is 0 Å². The molecule has 3 rings (SSSR count). The minimum absolute atomic E-state index is 0.0918. The molecular formula is C23H33N3O4S. The normalized spacial score (nSPS) is 22.3. The monoisotopic (exact) mass is 447 g/mol. The number of aliphatic hydroxyl groups is 2. The lowest BCUT2D eigenvalue weighted by Gasteiger charge is -2.27. The summed E-state index contributed by atoms with van der Waals surface area (Å²) in [6.45, 7) is 7.39. The Balaban J connectivity index is 1.64. The van der Waals surface area contributed by atoms with Gasteiger partial charge in [0.25, 0.3) is 0 Å². The zero-order valence-corrected chi connectivity index (χ0v) is 19.1. The topological polar surface area (TPSA) is 93.1 Å². The molecule has 1 aliphatic rings. The molecule has 0 bridgehead atoms. The summed E-state index contributed by atoms with van der Waals surface area (Å²) in [7, 11) is -3.77. The summed E-state index contributed by atoms with van der Waals surface area (Å²) < 4.78 is 26.8. The highest BCUT2D eigenvalue weighted by atomic mass is 32.2. The second-order valence-corrected chi connectivity index (χ2v) is 10.0. The number of hydrogen-bond acceptors (Lipinski definition) is 6. The largest absolute Gasteiger partial charge is 0.389 e. The number of nitrogens with zero attached hydrogens (tertiary/aromatic N) is 2. The van der Waals surface area contributed by atoms with Crippen LogP contribution in [0.5, 0.6) is 0 Å². The maximum Gasteiger partial charge on any atom is 0.243 e. The molecule has 0 aromatic heterocycles. The highest BCUT2D eigenvalue weighted by Crippen LogP contribution is 2.27. The van der Waals surface area contributed by atoms with Crippen molar-refractivity contribution < 1.29 is 18.6 Å². The minimum Gasteiger partial charge on any atom is -0.389 e. The van der Waals surface area contributed by atoms with Crippen LogP contribution in [0.4, 0.5) is 0 Å². The smallest absolute Gasteiger partial charge is 0.243 e. The average molecular weight is 448 g/mol. The van der Waals surface area contributed by atoms with Crippen LogP contribution in [0.3, 0.4) is 0 Å². The van der Waals surface area contributed by atoms with Gasteiger partial charge in [0.2, 0.25) is 10.0 Å². The lowest BCUT2D eigenvalue weighted by molar-refractivity contribution is -0.0384. The van der Waals surface area contributed by atoms with E-state index in [-0.39, 0.29) is 24.5 Å². The first-order valence-corrected chi connectivity index (χ1v) is 12.2. The van der Waals surface area contributed by atoms with Crippen LogP contribution in [-0.4, -0.2) is 72.3 Å². The predicted molar refractivity (Wildman–Crippen MR) is 121 cm³/mol. The molecule has 2 aromatic carbocycles. The molecule has 1 saturated heterocycles. The third-order valence-corrected chi connectivity index (χ3v) is 7.81. The molecule has 0 unspecified atom stereocenters. The SMILES string of the molecule is CCN(CC)Cc1ccccc1CNC[C@]1(O)CN(S(=O)(=O)c2ccccc2)C[C@H]1O. The van der Waals surface area contributed by atoms with Crippen LogP contribution >= 0.6 is 0 Å². The van der Waals surface area contributed by atoms with E-state index in [2.05, 4.69) is 30.1 Å². The third-order valence-electron chi connectivity index (χ3n) is 5.98. The van der Waals surface area contributed by atoms with Crippen molar-refractivity contribution in [1.29, 1.82) is 0 Å². The van der Waals surface area contributed by atoms with Gasteiger partial charge in [-0.1, -0.05) is 56.3 Å². The van der Waals surface area contributed by atoms with Gasteiger partial charge in [-0.05, 0) is 36.3 Å². The van der Waals surface area contributed by atoms with Crippen LogP contribution in [-0.2, 0) is 23.1 Å². The number of sulfonamides is 1. The van der Waals surface area contributed by atoms with E-state index in [1.165, 1.54) is 17.7 Å². The maximum absolute atomic E-state index is 12.8. The molecule has 1 heterocycles. The van der Waals surface area contributed by atoms with Crippen LogP contribution in [0.15, 0.2) is 59.5 Å². The summed E-state index contributed by atoms with van der Waals surface area (Å²) in [4.78, 5) is 2.49. The number of aliphatic hydroxyl groups excluding tert-OH is 1. The number of hydrogen-bond donors (Lipinski definition) is 3. The fourth-order valence-corrected chi connectivity index (χ4v) is 5.45. The Hall–Kier alpha value is -1.81. The molecule has 0 aliphatic carbocycles. The highest BCUT2D eigenvalue weighted by Gasteiger charge is 2.48. The molecule has 8 heteroatoms. The molecule has 3 N–H and O–H groups in total. The first-order valence-electron chi connectivity index (χ1n) is 10.8. The second kappa shape index (κ2) is 10.2. The van der Waals surface area contributed by atoms with Gasteiger partial charge in [-0.3, -0.25) is 4.90 Å². The van der Waals surface area contributed by atoms with E-state index in [1.54, 1.807) is 18.2 Å². The fraction of sp³-hybridized carbons (Fsp3) is 0.478. The number of nitrogens with one attached hydrogen (secondary N) is 1. The fourth-order valence-electron chi connectivity index (χ4n) is 3.92. The van der Waals surface area contributed by atoms with Crippen molar-refractivity contribution in [2.45, 2.75) is 43.5 Å². The third kappa shape index (κ3) is 5.52. The quantitative estimate of drug-likeness (QED) is 0.510. The van der Waals surface area contributed by atoms with Crippen molar-refractivity contribution in [1.82, 2.24) is 14.5 Å². The van der Waals surface area contributed by atoms with Crippen molar-refractivity contribution >= 4 is 10.0 Å². The van der Waals surface area contributed by atoms with E-state index in [0.29, 0.717) is 6.54 Å². The molecule has 1 aliphatic heterocycles. The van der Waals surface area contributed by atoms with Crippen LogP contribution in [0.2, 0.25) is 0 Å². The maximum atomic E-state index is 12.8. The number of β-amino-alcohol motifs (C(OH)–C–C–N with tert-alkyl or cyclic N) is 2. The van der Waals surface area contributed by atoms with Crippen LogP contribution in [0.25, 0.3) is 0 Å². The summed E-state index contributed by atoms with van der Waals surface area (Å²) in [6, 6.07) is 16.2. The first kappa shape index (κ1) is 23.8. The minimum atomic E-state index is -3.77. The van der Waals surface area contributed by atoms with Gasteiger partial charge in [-0.15, -0.1) is 0 Å². The number of rotatable bonds is 10. The first-order chi connectivity index (χ1) is 14.8. The second-order valence-electron chi connectivity index (χ2n) is 8.06. The molecule has 0 spiro atoms. The molecule has 31 heavy (non-hydrogen) atoms. The predicted octanol–water partition coefficient (Wildman–Crippen LogP) is 1.41. The van der Waals surface area contributed by atoms with Crippen LogP contribution in [0.1, 0.15) is 25.0 Å². The van der Waals surface area contributed by atoms with Gasteiger partial charge < -0.3 is 15.5 Å². The molecule has 2 atom stereocenters. The lowest BCUT2D eigenvalue weighted by atomic mass is 10.00. The van der Waals surface area contributed by atoms with E-state index in [1.807, 2.05) is 18.2 Å². The summed E-state index contributed by atoms with van der Waals surface area (Å²) in [5.41, 5.74) is 0.792. The van der Waals surface area contributed by atoms with E-state index < -0.39 is 21.7 Å². The Labute approximate surface area is 185 Å². The zero-order valence-electron chi connectivity index (χ0n) is 18.2. The summed E-state index contributed by atoms with van der Waals surface area (Å²) >= 11 is 0. The molecule has 1 fully saturated rings. The summed E-state index contributed by atoms with van der Waals surface area (Å²) in [6.07, 6.45) is -1.16. The molecule has 7 nitrogen and oxygen atoms in total. The summed E-state index contributed by atoms with van der Waals surface area (Å²) in [5.74, 6) is 0. The Morgan fingerprint density at radius 1 is 1.06 bits per heavy atom. The van der Waals surface area contributed by atoms with Gasteiger partial charge in [0.15, 0.2) is 0 Å². The Bertz CT molecular complexity index is 950. The van der Waals surface area contributed by atoms with Crippen molar-refractivity contribution in [3.05, 3.63) is 65.7 Å². The van der Waals surface area contributed by atoms with E-state index in [0.717, 1.165) is 29.5 Å². The molecule has 0 radical (unpaired) electrons. The molecular weight excluding hydrogens is 414 g/mol. The van der Waals surface area contributed by atoms with Gasteiger partial charge in [-0.2, -0.15) is 4.31 Å². The van der Waals surface area contributed by atoms with E-state index in [4.69, 9.17) is 0 Å². The standard InChI is InChI=1S/C23H33N3O4S/c1-3-25(4-2)15-20-11-9-8-10-19(20)14-24-17-23(28)18-26(16-22(23)27)31(29,30)21-12-6-5-7-13-21/h5-13,22,24,27-28H,3-4,14-18H2,1-2H3/t22-,23+/m1/s1. The van der Waals surface area contributed by atoms with Crippen molar-refractivity contribution in [2.75, 3.05) is 32.7 Å². The molecule has 2 aromatic rings. The summed E-state index contributed by atoms with van der Waals surface area (Å²) in [5, 5.41) is 24.7. The lowest BCUT2D eigenvalue weighted by Crippen LogP contribution is -2.50. The molecule has 0 amide bonds. The van der Waals surface area contributed by atoms with E-state index in [9.17, 15) is 18.6 Å². The Morgan fingerprint density at radius 3 is 2.32 bits per heavy atom. The van der Waals surface area contributed by atoms with Crippen molar-refractivity contribution in [2.24, 2.45) is 0 Å². The van der Waals surface area contributed by atoms with Crippen molar-refractivity contribution in [3.8, 4) is 0 Å². The average Bonchev–Trinajstić information content (AvgIpc) is 3.08. The van der Waals surface area contributed by atoms with E-state index >= 15 is 0 Å². The van der Waals surface area contributed by atoms with Gasteiger partial charge in [-0.25, -0.2) is 8.42 Å².